The van der Waals surface area contributed by atoms with Crippen LogP contribution in [0.4, 0.5) is 5.13 Å². The van der Waals surface area contributed by atoms with Crippen LogP contribution in [0.2, 0.25) is 0 Å². The van der Waals surface area contributed by atoms with E-state index in [0.29, 0.717) is 5.13 Å². The lowest BCUT2D eigenvalue weighted by atomic mass is 9.82. The summed E-state index contributed by atoms with van der Waals surface area (Å²) in [6.07, 6.45) is 9.46. The molecule has 0 spiro atoms. The van der Waals surface area contributed by atoms with E-state index in [1.165, 1.54) is 24.1 Å². The molecule has 0 bridgehead atoms. The second-order valence-electron chi connectivity index (χ2n) is 6.11. The maximum Gasteiger partial charge on any atom is 0.229 e. The number of aryl methyl sites for hydroxylation is 2. The van der Waals surface area contributed by atoms with Gasteiger partial charge in [-0.1, -0.05) is 19.3 Å². The van der Waals surface area contributed by atoms with Crippen LogP contribution < -0.4 is 5.32 Å². The van der Waals surface area contributed by atoms with E-state index in [2.05, 4.69) is 10.3 Å². The lowest BCUT2D eigenvalue weighted by Gasteiger charge is -2.31. The quantitative estimate of drug-likeness (QED) is 0.900. The Morgan fingerprint density at radius 2 is 1.95 bits per heavy atom. The molecule has 2 aliphatic rings. The molecule has 4 nitrogen and oxygen atoms in total. The summed E-state index contributed by atoms with van der Waals surface area (Å²) < 4.78 is 0. The Morgan fingerprint density at radius 1 is 1.20 bits per heavy atom. The number of hydrogen-bond acceptors (Lipinski definition) is 4. The summed E-state index contributed by atoms with van der Waals surface area (Å²) in [7, 11) is 0. The van der Waals surface area contributed by atoms with Crippen molar-refractivity contribution in [1.82, 2.24) is 4.98 Å². The number of carbonyl (C=O) groups excluding carboxylic acids is 1. The molecule has 1 aromatic heterocycles. The lowest BCUT2D eigenvalue weighted by Crippen LogP contribution is -2.35. The zero-order valence-electron chi connectivity index (χ0n) is 11.8. The van der Waals surface area contributed by atoms with Gasteiger partial charge in [-0.15, -0.1) is 11.3 Å². The fourth-order valence-corrected chi connectivity index (χ4v) is 4.32. The van der Waals surface area contributed by atoms with E-state index < -0.39 is 5.60 Å². The van der Waals surface area contributed by atoms with Gasteiger partial charge >= 0.3 is 0 Å². The van der Waals surface area contributed by atoms with Crippen molar-refractivity contribution >= 4 is 22.4 Å². The highest BCUT2D eigenvalue weighted by molar-refractivity contribution is 7.15. The third-order valence-electron chi connectivity index (χ3n) is 4.37. The zero-order chi connectivity index (χ0) is 14.0. The zero-order valence-corrected chi connectivity index (χ0v) is 12.6. The second-order valence-corrected chi connectivity index (χ2v) is 7.19. The molecule has 3 rings (SSSR count). The average Bonchev–Trinajstić information content (AvgIpc) is 2.80. The van der Waals surface area contributed by atoms with Crippen LogP contribution in [-0.2, 0) is 17.6 Å². The second kappa shape index (κ2) is 5.82. The van der Waals surface area contributed by atoms with Crippen molar-refractivity contribution in [2.75, 3.05) is 5.32 Å². The Bertz CT molecular complexity index is 469. The molecule has 1 aromatic rings. The molecule has 1 saturated carbocycles. The topological polar surface area (TPSA) is 62.2 Å². The van der Waals surface area contributed by atoms with Crippen molar-refractivity contribution in [3.8, 4) is 0 Å². The average molecular weight is 294 g/mol. The van der Waals surface area contributed by atoms with Gasteiger partial charge in [0.15, 0.2) is 5.13 Å². The molecule has 2 aliphatic carbocycles. The molecular formula is C15H22N2O2S. The largest absolute Gasteiger partial charge is 0.389 e. The Morgan fingerprint density at radius 3 is 2.70 bits per heavy atom. The van der Waals surface area contributed by atoms with Crippen molar-refractivity contribution in [2.24, 2.45) is 0 Å². The predicted octanol–water partition coefficient (Wildman–Crippen LogP) is 3.05. The molecule has 1 amide bonds. The maximum atomic E-state index is 12.1. The molecule has 1 heterocycles. The van der Waals surface area contributed by atoms with E-state index in [-0.39, 0.29) is 12.3 Å². The summed E-state index contributed by atoms with van der Waals surface area (Å²) in [4.78, 5) is 17.9. The van der Waals surface area contributed by atoms with Crippen LogP contribution in [0.15, 0.2) is 0 Å². The molecule has 0 aromatic carbocycles. The van der Waals surface area contributed by atoms with Gasteiger partial charge in [0.25, 0.3) is 0 Å². The van der Waals surface area contributed by atoms with Gasteiger partial charge in [0, 0.05) is 4.88 Å². The molecule has 0 atom stereocenters. The number of anilines is 1. The van der Waals surface area contributed by atoms with Crippen molar-refractivity contribution < 1.29 is 9.90 Å². The lowest BCUT2D eigenvalue weighted by molar-refractivity contribution is -0.122. The summed E-state index contributed by atoms with van der Waals surface area (Å²) in [5, 5.41) is 14.0. The first-order valence-corrected chi connectivity index (χ1v) is 8.47. The van der Waals surface area contributed by atoms with Crippen molar-refractivity contribution in [2.45, 2.75) is 69.8 Å². The van der Waals surface area contributed by atoms with Crippen LogP contribution in [0, 0.1) is 0 Å². The Balaban J connectivity index is 1.59. The minimum atomic E-state index is -0.792. The number of nitrogens with zero attached hydrogens (tertiary/aromatic N) is 1. The molecular weight excluding hydrogens is 272 g/mol. The van der Waals surface area contributed by atoms with Crippen molar-refractivity contribution in [3.05, 3.63) is 10.6 Å². The predicted molar refractivity (Wildman–Crippen MR) is 80.0 cm³/mol. The number of thiazole rings is 1. The molecule has 110 valence electrons. The van der Waals surface area contributed by atoms with Gasteiger partial charge in [-0.25, -0.2) is 4.98 Å². The van der Waals surface area contributed by atoms with Crippen LogP contribution in [0.5, 0.6) is 0 Å². The van der Waals surface area contributed by atoms with Gasteiger partial charge in [-0.05, 0) is 38.5 Å². The highest BCUT2D eigenvalue weighted by Gasteiger charge is 2.32. The molecule has 2 N–H and O–H groups in total. The highest BCUT2D eigenvalue weighted by Crippen LogP contribution is 2.32. The molecule has 0 unspecified atom stereocenters. The first-order chi connectivity index (χ1) is 9.65. The van der Waals surface area contributed by atoms with Crippen LogP contribution in [0.1, 0.15) is 61.9 Å². The minimum absolute atomic E-state index is 0.0968. The molecule has 5 heteroatoms. The van der Waals surface area contributed by atoms with E-state index in [4.69, 9.17) is 0 Å². The van der Waals surface area contributed by atoms with Gasteiger partial charge < -0.3 is 10.4 Å². The van der Waals surface area contributed by atoms with Crippen LogP contribution in [-0.4, -0.2) is 21.6 Å². The van der Waals surface area contributed by atoms with Gasteiger partial charge in [0.05, 0.1) is 17.7 Å². The van der Waals surface area contributed by atoms with Crippen molar-refractivity contribution in [1.29, 1.82) is 0 Å². The van der Waals surface area contributed by atoms with Crippen LogP contribution in [0.3, 0.4) is 0 Å². The maximum absolute atomic E-state index is 12.1. The minimum Gasteiger partial charge on any atom is -0.389 e. The van der Waals surface area contributed by atoms with Crippen LogP contribution >= 0.6 is 11.3 Å². The number of aliphatic hydroxyl groups is 1. The smallest absolute Gasteiger partial charge is 0.229 e. The third kappa shape index (κ3) is 3.20. The number of carbonyl (C=O) groups is 1. The number of aromatic nitrogens is 1. The number of fused-ring (bicyclic) bond motifs is 1. The van der Waals surface area contributed by atoms with Gasteiger partial charge in [0.1, 0.15) is 0 Å². The standard InChI is InChI=1S/C15H22N2O2S/c18-13(10-15(19)8-4-1-5-9-15)17-14-16-11-6-2-3-7-12(11)20-14/h19H,1-10H2,(H,16,17,18). The molecule has 0 saturated heterocycles. The molecule has 0 aliphatic heterocycles. The first kappa shape index (κ1) is 14.0. The van der Waals surface area contributed by atoms with Gasteiger partial charge in [-0.3, -0.25) is 4.79 Å². The summed E-state index contributed by atoms with van der Waals surface area (Å²) in [5.74, 6) is -0.0968. The molecule has 1 fully saturated rings. The molecule has 20 heavy (non-hydrogen) atoms. The monoisotopic (exact) mass is 294 g/mol. The Labute approximate surface area is 123 Å². The van der Waals surface area contributed by atoms with Crippen molar-refractivity contribution in [3.63, 3.8) is 0 Å². The number of hydrogen-bond donors (Lipinski definition) is 2. The van der Waals surface area contributed by atoms with Crippen LogP contribution in [0.25, 0.3) is 0 Å². The summed E-state index contributed by atoms with van der Waals surface area (Å²) in [5.41, 5.74) is 0.368. The normalized spacial score (nSPS) is 21.2. The highest BCUT2D eigenvalue weighted by atomic mass is 32.1. The fraction of sp³-hybridized carbons (Fsp3) is 0.733. The fourth-order valence-electron chi connectivity index (χ4n) is 3.25. The van der Waals surface area contributed by atoms with E-state index >= 15 is 0 Å². The summed E-state index contributed by atoms with van der Waals surface area (Å²) in [6, 6.07) is 0. The summed E-state index contributed by atoms with van der Waals surface area (Å²) >= 11 is 1.60. The third-order valence-corrected chi connectivity index (χ3v) is 5.44. The summed E-state index contributed by atoms with van der Waals surface area (Å²) in [6.45, 7) is 0. The number of nitrogens with one attached hydrogen (secondary N) is 1. The number of amides is 1. The van der Waals surface area contributed by atoms with E-state index in [0.717, 1.165) is 44.2 Å². The van der Waals surface area contributed by atoms with E-state index in [1.807, 2.05) is 0 Å². The van der Waals surface area contributed by atoms with Gasteiger partial charge in [0.2, 0.25) is 5.91 Å². The SMILES string of the molecule is O=C(CC1(O)CCCCC1)Nc1nc2c(s1)CCCC2. The number of rotatable bonds is 3. The Hall–Kier alpha value is -0.940. The first-order valence-electron chi connectivity index (χ1n) is 7.65. The van der Waals surface area contributed by atoms with E-state index in [9.17, 15) is 9.90 Å². The van der Waals surface area contributed by atoms with E-state index in [1.54, 1.807) is 11.3 Å². The van der Waals surface area contributed by atoms with Gasteiger partial charge in [-0.2, -0.15) is 0 Å². The molecule has 0 radical (unpaired) electrons. The Kier molecular flexibility index (Phi) is 4.08.